The summed E-state index contributed by atoms with van der Waals surface area (Å²) in [6, 6.07) is 1.73. The van der Waals surface area contributed by atoms with Crippen molar-refractivity contribution in [3.8, 4) is 0 Å². The van der Waals surface area contributed by atoms with Gasteiger partial charge in [-0.05, 0) is 19.4 Å². The number of aryl methyl sites for hydroxylation is 1. The highest BCUT2D eigenvalue weighted by atomic mass is 32.2. The Hall–Kier alpha value is -1.10. The molecule has 0 saturated heterocycles. The number of nitrogen functional groups attached to an aromatic ring is 1. The molecule has 0 bridgehead atoms. The topological polar surface area (TPSA) is 75.7 Å². The van der Waals surface area contributed by atoms with E-state index in [1.807, 2.05) is 6.92 Å². The largest absolute Gasteiger partial charge is 0.382 e. The molecule has 4 nitrogen and oxygen atoms in total. The molecule has 0 spiro atoms. The molecule has 0 unspecified atom stereocenters. The maximum absolute atomic E-state index is 7.35. The van der Waals surface area contributed by atoms with Gasteiger partial charge in [0.2, 0.25) is 0 Å². The van der Waals surface area contributed by atoms with Crippen molar-refractivity contribution in [2.45, 2.75) is 38.3 Å². The zero-order valence-electron chi connectivity index (χ0n) is 9.79. The third-order valence-electron chi connectivity index (χ3n) is 2.09. The maximum Gasteiger partial charge on any atom is 0.188 e. The summed E-state index contributed by atoms with van der Waals surface area (Å²) in [5.74, 6) is 1.02. The highest BCUT2D eigenvalue weighted by molar-refractivity contribution is 7.99. The Bertz CT molecular complexity index is 365. The summed E-state index contributed by atoms with van der Waals surface area (Å²) in [6.45, 7) is 4.08. The summed E-state index contributed by atoms with van der Waals surface area (Å²) >= 11 is 1.63. The number of amidine groups is 1. The van der Waals surface area contributed by atoms with Crippen molar-refractivity contribution in [2.24, 2.45) is 5.73 Å². The molecular formula is C11H18N4S. The Morgan fingerprint density at radius 1 is 1.44 bits per heavy atom. The molecular weight excluding hydrogens is 220 g/mol. The minimum absolute atomic E-state index is 0.000841. The second-order valence-corrected chi connectivity index (χ2v) is 4.71. The van der Waals surface area contributed by atoms with Gasteiger partial charge >= 0.3 is 0 Å². The third-order valence-corrected chi connectivity index (χ3v) is 3.02. The Balaban J connectivity index is 2.62. The van der Waals surface area contributed by atoms with Crippen molar-refractivity contribution >= 4 is 17.6 Å². The normalized spacial score (nSPS) is 10.4. The van der Waals surface area contributed by atoms with Crippen LogP contribution in [0.15, 0.2) is 11.2 Å². The molecule has 0 aromatic carbocycles. The van der Waals surface area contributed by atoms with E-state index in [0.717, 1.165) is 16.6 Å². The van der Waals surface area contributed by atoms with E-state index in [1.54, 1.807) is 17.8 Å². The first-order valence-electron chi connectivity index (χ1n) is 5.46. The molecule has 1 aromatic heterocycles. The first-order chi connectivity index (χ1) is 7.63. The predicted octanol–water partition coefficient (Wildman–Crippen LogP) is 2.35. The fraction of sp³-hybridized carbons (Fsp3) is 0.545. The van der Waals surface area contributed by atoms with Gasteiger partial charge in [0, 0.05) is 11.4 Å². The lowest BCUT2D eigenvalue weighted by Crippen LogP contribution is -2.14. The highest BCUT2D eigenvalue weighted by Crippen LogP contribution is 2.16. The number of unbranched alkanes of at least 4 members (excludes halogenated alkanes) is 2. The molecule has 0 aliphatic heterocycles. The van der Waals surface area contributed by atoms with Crippen molar-refractivity contribution in [1.82, 2.24) is 9.97 Å². The van der Waals surface area contributed by atoms with Crippen molar-refractivity contribution in [1.29, 1.82) is 5.41 Å². The van der Waals surface area contributed by atoms with Crippen LogP contribution in [-0.4, -0.2) is 21.6 Å². The molecule has 0 aliphatic carbocycles. The second kappa shape index (κ2) is 6.48. The number of thioether (sulfide) groups is 1. The van der Waals surface area contributed by atoms with E-state index in [0.29, 0.717) is 5.69 Å². The molecule has 1 aromatic rings. The fourth-order valence-electron chi connectivity index (χ4n) is 1.26. The van der Waals surface area contributed by atoms with Crippen LogP contribution in [-0.2, 0) is 0 Å². The molecule has 0 saturated carbocycles. The molecule has 1 rings (SSSR count). The lowest BCUT2D eigenvalue weighted by molar-refractivity contribution is 0.776. The summed E-state index contributed by atoms with van der Waals surface area (Å²) < 4.78 is 0. The predicted molar refractivity (Wildman–Crippen MR) is 68.0 cm³/mol. The molecule has 3 N–H and O–H groups in total. The van der Waals surface area contributed by atoms with Gasteiger partial charge in [0.15, 0.2) is 5.16 Å². The number of nitrogens with two attached hydrogens (primary N) is 1. The molecule has 1 heterocycles. The van der Waals surface area contributed by atoms with Gasteiger partial charge in [-0.1, -0.05) is 31.5 Å². The van der Waals surface area contributed by atoms with E-state index >= 15 is 0 Å². The van der Waals surface area contributed by atoms with E-state index < -0.39 is 0 Å². The van der Waals surface area contributed by atoms with Crippen molar-refractivity contribution in [3.63, 3.8) is 0 Å². The monoisotopic (exact) mass is 238 g/mol. The van der Waals surface area contributed by atoms with Crippen LogP contribution in [0.4, 0.5) is 0 Å². The molecule has 0 fully saturated rings. The summed E-state index contributed by atoms with van der Waals surface area (Å²) in [7, 11) is 0. The van der Waals surface area contributed by atoms with Gasteiger partial charge in [-0.25, -0.2) is 9.97 Å². The van der Waals surface area contributed by atoms with E-state index in [1.165, 1.54) is 19.3 Å². The quantitative estimate of drug-likeness (QED) is 0.262. The SMILES string of the molecule is CCCCCSc1nc(C)cc(C(=N)N)n1. The van der Waals surface area contributed by atoms with Crippen LogP contribution in [0.1, 0.15) is 37.6 Å². The van der Waals surface area contributed by atoms with Gasteiger partial charge < -0.3 is 5.73 Å². The van der Waals surface area contributed by atoms with Crippen molar-refractivity contribution < 1.29 is 0 Å². The zero-order valence-corrected chi connectivity index (χ0v) is 10.6. The Labute approximate surface area is 101 Å². The average Bonchev–Trinajstić information content (AvgIpc) is 2.23. The van der Waals surface area contributed by atoms with Crippen LogP contribution in [0.2, 0.25) is 0 Å². The van der Waals surface area contributed by atoms with E-state index in [4.69, 9.17) is 11.1 Å². The fourth-order valence-corrected chi connectivity index (χ4v) is 2.16. The van der Waals surface area contributed by atoms with Gasteiger partial charge in [-0.15, -0.1) is 0 Å². The van der Waals surface area contributed by atoms with Crippen LogP contribution in [0.5, 0.6) is 0 Å². The molecule has 0 atom stereocenters. The number of nitrogens with one attached hydrogen (secondary N) is 1. The van der Waals surface area contributed by atoms with E-state index in [9.17, 15) is 0 Å². The lowest BCUT2D eigenvalue weighted by Gasteiger charge is -2.04. The van der Waals surface area contributed by atoms with Crippen LogP contribution in [0, 0.1) is 12.3 Å². The van der Waals surface area contributed by atoms with Crippen LogP contribution in [0.25, 0.3) is 0 Å². The second-order valence-electron chi connectivity index (χ2n) is 3.65. The van der Waals surface area contributed by atoms with Gasteiger partial charge in [0.1, 0.15) is 11.5 Å². The number of nitrogens with zero attached hydrogens (tertiary/aromatic N) is 2. The summed E-state index contributed by atoms with van der Waals surface area (Å²) in [6.07, 6.45) is 3.63. The third kappa shape index (κ3) is 4.18. The van der Waals surface area contributed by atoms with Crippen molar-refractivity contribution in [3.05, 3.63) is 17.5 Å². The average molecular weight is 238 g/mol. The molecule has 0 amide bonds. The van der Waals surface area contributed by atoms with Gasteiger partial charge in [-0.3, -0.25) is 5.41 Å². The highest BCUT2D eigenvalue weighted by Gasteiger charge is 2.04. The smallest absolute Gasteiger partial charge is 0.188 e. The Morgan fingerprint density at radius 2 is 2.19 bits per heavy atom. The van der Waals surface area contributed by atoms with Crippen LogP contribution < -0.4 is 5.73 Å². The molecule has 0 aliphatic rings. The van der Waals surface area contributed by atoms with Gasteiger partial charge in [0.05, 0.1) is 0 Å². The zero-order chi connectivity index (χ0) is 12.0. The molecule has 0 radical (unpaired) electrons. The molecule has 16 heavy (non-hydrogen) atoms. The summed E-state index contributed by atoms with van der Waals surface area (Å²) in [4.78, 5) is 8.55. The number of aromatic nitrogens is 2. The Kier molecular flexibility index (Phi) is 5.25. The number of rotatable bonds is 6. The summed E-state index contributed by atoms with van der Waals surface area (Å²) in [5.41, 5.74) is 6.79. The van der Waals surface area contributed by atoms with Gasteiger partial charge in [0.25, 0.3) is 0 Å². The first-order valence-corrected chi connectivity index (χ1v) is 6.45. The van der Waals surface area contributed by atoms with Crippen LogP contribution >= 0.6 is 11.8 Å². The number of hydrogen-bond donors (Lipinski definition) is 2. The lowest BCUT2D eigenvalue weighted by atomic mass is 10.3. The van der Waals surface area contributed by atoms with Crippen LogP contribution in [0.3, 0.4) is 0 Å². The minimum atomic E-state index is 0.000841. The molecule has 88 valence electrons. The number of hydrogen-bond acceptors (Lipinski definition) is 4. The van der Waals surface area contributed by atoms with E-state index in [-0.39, 0.29) is 5.84 Å². The molecule has 5 heteroatoms. The maximum atomic E-state index is 7.35. The summed E-state index contributed by atoms with van der Waals surface area (Å²) in [5, 5.41) is 8.07. The van der Waals surface area contributed by atoms with E-state index in [2.05, 4.69) is 16.9 Å². The standard InChI is InChI=1S/C11H18N4S/c1-3-4-5-6-16-11-14-8(2)7-9(15-11)10(12)13/h7H,3-6H2,1-2H3,(H3,12,13). The Morgan fingerprint density at radius 3 is 2.81 bits per heavy atom. The van der Waals surface area contributed by atoms with Crippen molar-refractivity contribution in [2.75, 3.05) is 5.75 Å². The minimum Gasteiger partial charge on any atom is -0.382 e. The first kappa shape index (κ1) is 13.0. The van der Waals surface area contributed by atoms with Gasteiger partial charge in [-0.2, -0.15) is 0 Å².